The molecule has 1 rings (SSSR count). The van der Waals surface area contributed by atoms with Crippen LogP contribution in [0.5, 0.6) is 0 Å². The number of rotatable bonds is 16. The summed E-state index contributed by atoms with van der Waals surface area (Å²) in [6.07, 6.45) is 0.873. The third-order valence-electron chi connectivity index (χ3n) is 4.14. The van der Waals surface area contributed by atoms with E-state index in [1.807, 2.05) is 39.3 Å². The predicted octanol–water partition coefficient (Wildman–Crippen LogP) is 4.45. The van der Waals surface area contributed by atoms with Crippen molar-refractivity contribution in [1.82, 2.24) is 0 Å². The Bertz CT molecular complexity index is 663. The van der Waals surface area contributed by atoms with Crippen molar-refractivity contribution in [3.63, 3.8) is 0 Å². The Hall–Kier alpha value is 1.16. The van der Waals surface area contributed by atoms with E-state index in [0.29, 0.717) is 12.8 Å². The van der Waals surface area contributed by atoms with Crippen LogP contribution in [-0.4, -0.2) is 90.0 Å². The van der Waals surface area contributed by atoms with E-state index in [-0.39, 0.29) is 6.10 Å². The Morgan fingerprint density at radius 3 is 1.24 bits per heavy atom. The van der Waals surface area contributed by atoms with E-state index in [9.17, 15) is 4.80 Å². The highest BCUT2D eigenvalue weighted by molar-refractivity contribution is 6.91. The summed E-state index contributed by atoms with van der Waals surface area (Å²) >= 11 is 0. The van der Waals surface area contributed by atoms with Gasteiger partial charge in [-0.2, -0.15) is 0 Å². The van der Waals surface area contributed by atoms with Gasteiger partial charge in [-0.1, -0.05) is 0 Å². The van der Waals surface area contributed by atoms with Crippen molar-refractivity contribution in [2.75, 3.05) is 19.4 Å². The van der Waals surface area contributed by atoms with Gasteiger partial charge in [-0.05, 0) is 91.7 Å². The average Bonchev–Trinajstić information content (AvgIpc) is 3.20. The normalized spacial score (nSPS) is 19.0. The van der Waals surface area contributed by atoms with Gasteiger partial charge in [-0.15, -0.1) is 0 Å². The summed E-state index contributed by atoms with van der Waals surface area (Å²) in [7, 11) is -17.5. The van der Waals surface area contributed by atoms with Crippen LogP contribution in [0.4, 0.5) is 0 Å². The molecule has 204 valence electrons. The van der Waals surface area contributed by atoms with E-state index in [0.717, 1.165) is 6.61 Å². The lowest BCUT2D eigenvalue weighted by molar-refractivity contribution is 0.141. The third kappa shape index (κ3) is 15.4. The molecule has 1 fully saturated rings. The molecule has 34 heavy (non-hydrogen) atoms. The molecule has 0 aromatic carbocycles. The number of hydrogen-bond donors (Lipinski definition) is 1. The highest BCUT2D eigenvalue weighted by Crippen LogP contribution is 2.28. The van der Waals surface area contributed by atoms with E-state index in [1.54, 1.807) is 13.1 Å². The van der Waals surface area contributed by atoms with Crippen LogP contribution in [0, 0.1) is 0 Å². The fourth-order valence-corrected chi connectivity index (χ4v) is 37.0. The molecule has 1 N–H and O–H groups in total. The van der Waals surface area contributed by atoms with Gasteiger partial charge < -0.3 is 39.0 Å². The Balaban J connectivity index is 2.70. The standard InChI is InChI=1S/C18H50O9Si7/c1-28(2,17-20-15-18-16-21-18)22-30(5,6)24-32(9,10)26-34(13,14)27-33(11,12)25-31(7,8)23-29(3,4)19/h18-19H,15-17H2,1-14H3. The van der Waals surface area contributed by atoms with Crippen LogP contribution in [0.25, 0.3) is 0 Å². The summed E-state index contributed by atoms with van der Waals surface area (Å²) in [5.74, 6) is 0. The summed E-state index contributed by atoms with van der Waals surface area (Å²) in [5, 5.41) is 0. The summed E-state index contributed by atoms with van der Waals surface area (Å²) in [5.41, 5.74) is 0. The minimum atomic E-state index is -2.70. The highest BCUT2D eigenvalue weighted by Gasteiger charge is 2.48. The molecule has 0 spiro atoms. The molecule has 16 heteroatoms. The van der Waals surface area contributed by atoms with Crippen molar-refractivity contribution in [2.24, 2.45) is 0 Å². The van der Waals surface area contributed by atoms with Crippen LogP contribution < -0.4 is 0 Å². The van der Waals surface area contributed by atoms with Gasteiger partial charge in [0.25, 0.3) is 0 Å². The first-order valence-corrected chi connectivity index (χ1v) is 32.0. The SMILES string of the molecule is C[Si](C)(O)O[Si](C)(C)O[Si](C)(C)O[Si](C)(C)O[Si](C)(C)O[Si](C)(C)O[Si](C)(C)COCC1CO1. The molecule has 9 nitrogen and oxygen atoms in total. The van der Waals surface area contributed by atoms with Gasteiger partial charge in [0.15, 0.2) is 0 Å². The molecule has 1 aliphatic rings. The zero-order valence-electron chi connectivity index (χ0n) is 23.9. The Kier molecular flexibility index (Phi) is 11.2. The van der Waals surface area contributed by atoms with E-state index in [4.69, 9.17) is 34.2 Å². The first-order chi connectivity index (χ1) is 14.8. The second-order valence-corrected chi connectivity index (χ2v) is 37.9. The topological polar surface area (TPSA) is 97.4 Å². The van der Waals surface area contributed by atoms with Gasteiger partial charge in [0.2, 0.25) is 8.32 Å². The lowest BCUT2D eigenvalue weighted by atomic mass is 10.5. The maximum absolute atomic E-state index is 10.2. The molecule has 0 saturated carbocycles. The summed E-state index contributed by atoms with van der Waals surface area (Å²) in [6, 6.07) is 0. The van der Waals surface area contributed by atoms with Gasteiger partial charge in [0, 0.05) is 0 Å². The maximum Gasteiger partial charge on any atom is 0.320 e. The average molecular weight is 607 g/mol. The molecular formula is C18H50O9Si7. The maximum atomic E-state index is 10.2. The fourth-order valence-electron chi connectivity index (χ4n) is 4.37. The van der Waals surface area contributed by atoms with Gasteiger partial charge in [0.05, 0.1) is 19.4 Å². The zero-order valence-corrected chi connectivity index (χ0v) is 30.9. The molecule has 1 heterocycles. The van der Waals surface area contributed by atoms with Crippen molar-refractivity contribution < 1.29 is 39.0 Å². The molecule has 0 aromatic rings. The van der Waals surface area contributed by atoms with Crippen LogP contribution in [0.3, 0.4) is 0 Å². The lowest BCUT2D eigenvalue weighted by Gasteiger charge is -2.43. The van der Waals surface area contributed by atoms with Gasteiger partial charge >= 0.3 is 51.4 Å². The highest BCUT2D eigenvalue weighted by atomic mass is 28.5. The molecular weight excluding hydrogens is 557 g/mol. The second kappa shape index (κ2) is 11.5. The van der Waals surface area contributed by atoms with Crippen LogP contribution in [0.2, 0.25) is 91.7 Å². The lowest BCUT2D eigenvalue weighted by Crippen LogP contribution is -2.61. The minimum absolute atomic E-state index is 0.257. The van der Waals surface area contributed by atoms with E-state index < -0.39 is 59.7 Å². The zero-order chi connectivity index (χ0) is 26.9. The molecule has 0 bridgehead atoms. The number of epoxide rings is 1. The first-order valence-electron chi connectivity index (χ1n) is 11.9. The fraction of sp³-hybridized carbons (Fsp3) is 1.00. The smallest absolute Gasteiger partial charge is 0.320 e. The van der Waals surface area contributed by atoms with Crippen molar-refractivity contribution in [3.05, 3.63) is 0 Å². The molecule has 0 aromatic heterocycles. The molecule has 1 atom stereocenters. The molecule has 1 unspecified atom stereocenters. The van der Waals surface area contributed by atoms with E-state index in [1.165, 1.54) is 0 Å². The van der Waals surface area contributed by atoms with Crippen molar-refractivity contribution in [2.45, 2.75) is 97.8 Å². The Morgan fingerprint density at radius 1 is 0.588 bits per heavy atom. The van der Waals surface area contributed by atoms with Crippen LogP contribution in [0.1, 0.15) is 0 Å². The first kappa shape index (κ1) is 33.2. The van der Waals surface area contributed by atoms with Crippen LogP contribution in [0.15, 0.2) is 0 Å². The Morgan fingerprint density at radius 2 is 0.912 bits per heavy atom. The van der Waals surface area contributed by atoms with Gasteiger partial charge in [-0.3, -0.25) is 0 Å². The van der Waals surface area contributed by atoms with Crippen molar-refractivity contribution in [1.29, 1.82) is 0 Å². The van der Waals surface area contributed by atoms with Crippen molar-refractivity contribution >= 4 is 59.7 Å². The van der Waals surface area contributed by atoms with Crippen LogP contribution in [-0.2, 0) is 34.2 Å². The van der Waals surface area contributed by atoms with Gasteiger partial charge in [0.1, 0.15) is 6.10 Å². The van der Waals surface area contributed by atoms with E-state index in [2.05, 4.69) is 39.3 Å². The summed E-state index contributed by atoms with van der Waals surface area (Å²) in [6.45, 7) is 29.5. The number of hydrogen-bond acceptors (Lipinski definition) is 9. The monoisotopic (exact) mass is 606 g/mol. The van der Waals surface area contributed by atoms with Crippen LogP contribution >= 0.6 is 0 Å². The molecule has 1 aliphatic heterocycles. The largest absolute Gasteiger partial charge is 0.435 e. The third-order valence-corrected chi connectivity index (χ3v) is 28.9. The van der Waals surface area contributed by atoms with E-state index >= 15 is 0 Å². The number of ether oxygens (including phenoxy) is 2. The Labute approximate surface area is 215 Å². The van der Waals surface area contributed by atoms with Crippen molar-refractivity contribution in [3.8, 4) is 0 Å². The quantitative estimate of drug-likeness (QED) is 0.202. The van der Waals surface area contributed by atoms with Gasteiger partial charge in [-0.25, -0.2) is 0 Å². The molecule has 0 amide bonds. The second-order valence-electron chi connectivity index (χ2n) is 12.3. The summed E-state index contributed by atoms with van der Waals surface area (Å²) < 4.78 is 49.6. The molecule has 0 aliphatic carbocycles. The minimum Gasteiger partial charge on any atom is -0.435 e. The molecule has 0 radical (unpaired) electrons. The molecule has 1 saturated heterocycles. The summed E-state index contributed by atoms with van der Waals surface area (Å²) in [4.78, 5) is 10.2. The predicted molar refractivity (Wildman–Crippen MR) is 152 cm³/mol.